The molecule has 0 fully saturated rings. The van der Waals surface area contributed by atoms with E-state index < -0.39 is 17.3 Å². The molecule has 1 aliphatic carbocycles. The molecule has 3 aromatic rings. The molecular formula is C22H20FN3O3. The van der Waals surface area contributed by atoms with Gasteiger partial charge in [-0.1, -0.05) is 6.07 Å². The van der Waals surface area contributed by atoms with Crippen LogP contribution in [0.3, 0.4) is 0 Å². The lowest BCUT2D eigenvalue weighted by Gasteiger charge is -2.10. The third kappa shape index (κ3) is 4.34. The van der Waals surface area contributed by atoms with Crippen molar-refractivity contribution in [2.45, 2.75) is 19.3 Å². The number of halogens is 1. The summed E-state index contributed by atoms with van der Waals surface area (Å²) in [6.45, 7) is 0.620. The van der Waals surface area contributed by atoms with Crippen molar-refractivity contribution in [3.8, 4) is 11.4 Å². The highest BCUT2D eigenvalue weighted by atomic mass is 19.1. The first kappa shape index (κ1) is 18.9. The quantitative estimate of drug-likeness (QED) is 0.654. The Bertz CT molecular complexity index is 1090. The van der Waals surface area contributed by atoms with Crippen molar-refractivity contribution in [3.63, 3.8) is 0 Å². The predicted octanol–water partition coefficient (Wildman–Crippen LogP) is 2.67. The number of ether oxygens (including phenoxy) is 1. The van der Waals surface area contributed by atoms with Crippen LogP contribution in [0.15, 0.2) is 59.4 Å². The minimum absolute atomic E-state index is 0.0893. The normalized spacial score (nSPS) is 12.4. The molecule has 1 aromatic heterocycles. The van der Waals surface area contributed by atoms with Gasteiger partial charge in [-0.25, -0.2) is 4.39 Å². The van der Waals surface area contributed by atoms with Crippen LogP contribution >= 0.6 is 0 Å². The summed E-state index contributed by atoms with van der Waals surface area (Å²) in [6, 6.07) is 14.0. The summed E-state index contributed by atoms with van der Waals surface area (Å²) in [4.78, 5) is 24.4. The number of carbonyl (C=O) groups is 1. The van der Waals surface area contributed by atoms with Gasteiger partial charge in [0, 0.05) is 6.07 Å². The first-order valence-corrected chi connectivity index (χ1v) is 9.49. The summed E-state index contributed by atoms with van der Waals surface area (Å²) in [5.74, 6) is -0.0413. The Morgan fingerprint density at radius 1 is 1.07 bits per heavy atom. The molecule has 0 saturated heterocycles. The zero-order chi connectivity index (χ0) is 20.2. The molecule has 148 valence electrons. The zero-order valence-electron chi connectivity index (χ0n) is 15.7. The molecule has 1 N–H and O–H groups in total. The van der Waals surface area contributed by atoms with Gasteiger partial charge >= 0.3 is 0 Å². The topological polar surface area (TPSA) is 73.2 Å². The van der Waals surface area contributed by atoms with Gasteiger partial charge in [0.1, 0.15) is 23.9 Å². The van der Waals surface area contributed by atoms with E-state index in [9.17, 15) is 14.0 Å². The molecular weight excluding hydrogens is 373 g/mol. The van der Waals surface area contributed by atoms with Gasteiger partial charge in [-0.05, 0) is 72.9 Å². The molecule has 2 aromatic carbocycles. The number of fused-ring (bicyclic) bond motifs is 1. The molecule has 0 unspecified atom stereocenters. The lowest BCUT2D eigenvalue weighted by atomic mass is 10.1. The van der Waals surface area contributed by atoms with E-state index in [0.29, 0.717) is 18.8 Å². The Morgan fingerprint density at radius 2 is 1.86 bits per heavy atom. The molecule has 0 aliphatic heterocycles. The molecule has 4 rings (SSSR count). The first-order chi connectivity index (χ1) is 14.1. The SMILES string of the molecule is O=C(NCCOc1ccc2c(c1)CCC2)c1ccc(=O)n(-c2ccc(F)cc2)n1. The largest absolute Gasteiger partial charge is 0.492 e. The van der Waals surface area contributed by atoms with E-state index in [4.69, 9.17) is 4.74 Å². The monoisotopic (exact) mass is 393 g/mol. The lowest BCUT2D eigenvalue weighted by Crippen LogP contribution is -2.31. The number of aromatic nitrogens is 2. The van der Waals surface area contributed by atoms with Gasteiger partial charge in [-0.15, -0.1) is 0 Å². The van der Waals surface area contributed by atoms with E-state index in [-0.39, 0.29) is 5.69 Å². The van der Waals surface area contributed by atoms with E-state index in [1.54, 1.807) is 0 Å². The molecule has 7 heteroatoms. The fourth-order valence-corrected chi connectivity index (χ4v) is 3.36. The highest BCUT2D eigenvalue weighted by Crippen LogP contribution is 2.25. The van der Waals surface area contributed by atoms with E-state index in [1.165, 1.54) is 53.9 Å². The van der Waals surface area contributed by atoms with Gasteiger partial charge in [0.25, 0.3) is 11.5 Å². The Kier molecular flexibility index (Phi) is 5.37. The summed E-state index contributed by atoms with van der Waals surface area (Å²) in [5, 5.41) is 6.80. The van der Waals surface area contributed by atoms with Gasteiger partial charge in [-0.2, -0.15) is 9.78 Å². The average molecular weight is 393 g/mol. The van der Waals surface area contributed by atoms with Gasteiger partial charge in [0.05, 0.1) is 12.2 Å². The number of hydrogen-bond acceptors (Lipinski definition) is 4. The van der Waals surface area contributed by atoms with Gasteiger partial charge in [-0.3, -0.25) is 9.59 Å². The molecule has 0 atom stereocenters. The average Bonchev–Trinajstić information content (AvgIpc) is 3.20. The third-order valence-corrected chi connectivity index (χ3v) is 4.83. The molecule has 0 bridgehead atoms. The van der Waals surface area contributed by atoms with Crippen LogP contribution in [0.5, 0.6) is 5.75 Å². The minimum atomic E-state index is -0.418. The Labute approximate surface area is 166 Å². The van der Waals surface area contributed by atoms with Crippen LogP contribution in [0, 0.1) is 5.82 Å². The highest BCUT2D eigenvalue weighted by molar-refractivity contribution is 5.92. The summed E-state index contributed by atoms with van der Waals surface area (Å²) in [5.41, 5.74) is 2.78. The van der Waals surface area contributed by atoms with E-state index in [1.807, 2.05) is 6.07 Å². The predicted molar refractivity (Wildman–Crippen MR) is 106 cm³/mol. The van der Waals surface area contributed by atoms with Crippen LogP contribution in [0.1, 0.15) is 28.0 Å². The van der Waals surface area contributed by atoms with Crippen molar-refractivity contribution in [2.24, 2.45) is 0 Å². The number of hydrogen-bond donors (Lipinski definition) is 1. The molecule has 0 saturated carbocycles. The number of nitrogens with zero attached hydrogens (tertiary/aromatic N) is 2. The maximum atomic E-state index is 13.1. The summed E-state index contributed by atoms with van der Waals surface area (Å²) >= 11 is 0. The number of aryl methyl sites for hydroxylation is 2. The van der Waals surface area contributed by atoms with Crippen molar-refractivity contribution in [1.29, 1.82) is 0 Å². The zero-order valence-corrected chi connectivity index (χ0v) is 15.7. The van der Waals surface area contributed by atoms with Crippen molar-refractivity contribution >= 4 is 5.91 Å². The van der Waals surface area contributed by atoms with Gasteiger partial charge in [0.2, 0.25) is 0 Å². The molecule has 6 nitrogen and oxygen atoms in total. The molecule has 0 radical (unpaired) electrons. The second kappa shape index (κ2) is 8.26. The maximum Gasteiger partial charge on any atom is 0.271 e. The lowest BCUT2D eigenvalue weighted by molar-refractivity contribution is 0.0940. The van der Waals surface area contributed by atoms with Crippen molar-refractivity contribution < 1.29 is 13.9 Å². The van der Waals surface area contributed by atoms with Crippen molar-refractivity contribution in [3.05, 3.63) is 87.6 Å². The standard InChI is InChI=1S/C22H20FN3O3/c23-17-5-7-18(8-6-17)26-21(27)11-10-20(25-26)22(28)24-12-13-29-19-9-4-15-2-1-3-16(15)14-19/h4-11,14H,1-3,12-13H2,(H,24,28). The molecule has 0 spiro atoms. The number of benzene rings is 2. The van der Waals surface area contributed by atoms with Crippen LogP contribution in [0.25, 0.3) is 5.69 Å². The minimum Gasteiger partial charge on any atom is -0.492 e. The molecule has 1 aliphatic rings. The van der Waals surface area contributed by atoms with E-state index in [0.717, 1.165) is 23.3 Å². The highest BCUT2D eigenvalue weighted by Gasteiger charge is 2.12. The fourth-order valence-electron chi connectivity index (χ4n) is 3.36. The van der Waals surface area contributed by atoms with Crippen LogP contribution < -0.4 is 15.6 Å². The second-order valence-corrected chi connectivity index (χ2v) is 6.83. The maximum absolute atomic E-state index is 13.1. The van der Waals surface area contributed by atoms with Crippen LogP contribution in [-0.4, -0.2) is 28.8 Å². The van der Waals surface area contributed by atoms with E-state index in [2.05, 4.69) is 22.5 Å². The van der Waals surface area contributed by atoms with Crippen LogP contribution in [0.2, 0.25) is 0 Å². The summed E-state index contributed by atoms with van der Waals surface area (Å²) < 4.78 is 19.9. The first-order valence-electron chi connectivity index (χ1n) is 9.49. The van der Waals surface area contributed by atoms with Crippen LogP contribution in [0.4, 0.5) is 4.39 Å². The van der Waals surface area contributed by atoms with E-state index >= 15 is 0 Å². The Morgan fingerprint density at radius 3 is 2.69 bits per heavy atom. The smallest absolute Gasteiger partial charge is 0.271 e. The molecule has 29 heavy (non-hydrogen) atoms. The fraction of sp³-hybridized carbons (Fsp3) is 0.227. The summed E-state index contributed by atoms with van der Waals surface area (Å²) in [7, 11) is 0. The number of rotatable bonds is 6. The Balaban J connectivity index is 1.35. The number of carbonyl (C=O) groups excluding carboxylic acids is 1. The molecule has 1 heterocycles. The van der Waals surface area contributed by atoms with Crippen molar-refractivity contribution in [2.75, 3.05) is 13.2 Å². The molecule has 1 amide bonds. The van der Waals surface area contributed by atoms with Crippen molar-refractivity contribution in [1.82, 2.24) is 15.1 Å². The number of nitrogens with one attached hydrogen (secondary N) is 1. The summed E-state index contributed by atoms with van der Waals surface area (Å²) in [6.07, 6.45) is 3.39. The number of amides is 1. The van der Waals surface area contributed by atoms with Crippen LogP contribution in [-0.2, 0) is 12.8 Å². The second-order valence-electron chi connectivity index (χ2n) is 6.83. The third-order valence-electron chi connectivity index (χ3n) is 4.83. The van der Waals surface area contributed by atoms with Gasteiger partial charge in [0.15, 0.2) is 0 Å². The van der Waals surface area contributed by atoms with Gasteiger partial charge < -0.3 is 10.1 Å². The Hall–Kier alpha value is -3.48.